The summed E-state index contributed by atoms with van der Waals surface area (Å²) in [6.07, 6.45) is 0.137. The molecule has 1 atom stereocenters. The van der Waals surface area contributed by atoms with Gasteiger partial charge in [0.15, 0.2) is 0 Å². The summed E-state index contributed by atoms with van der Waals surface area (Å²) in [4.78, 5) is 26.1. The number of nitrogens with one attached hydrogen (secondary N) is 1. The molecule has 3 rings (SSSR count). The van der Waals surface area contributed by atoms with Crippen molar-refractivity contribution in [2.24, 2.45) is 5.92 Å². The van der Waals surface area contributed by atoms with Crippen molar-refractivity contribution in [2.75, 3.05) is 18.6 Å². The number of hydrogen-bond acceptors (Lipinski definition) is 6. The molecule has 132 valence electrons. The van der Waals surface area contributed by atoms with Gasteiger partial charge >= 0.3 is 0 Å². The van der Waals surface area contributed by atoms with E-state index in [1.54, 1.807) is 30.0 Å². The van der Waals surface area contributed by atoms with Crippen LogP contribution in [-0.4, -0.2) is 35.7 Å². The number of anilines is 1. The van der Waals surface area contributed by atoms with Crippen LogP contribution in [0.2, 0.25) is 5.02 Å². The van der Waals surface area contributed by atoms with Crippen LogP contribution >= 0.6 is 11.6 Å². The first-order valence-corrected chi connectivity index (χ1v) is 8.06. The number of methoxy groups -OCH3 is 1. The fraction of sp³-hybridized carbons (Fsp3) is 0.375. The molecule has 2 heterocycles. The Morgan fingerprint density at radius 1 is 1.48 bits per heavy atom. The van der Waals surface area contributed by atoms with E-state index in [4.69, 9.17) is 20.8 Å². The molecule has 2 amide bonds. The Kier molecular flexibility index (Phi) is 4.89. The van der Waals surface area contributed by atoms with E-state index in [1.165, 1.54) is 7.11 Å². The van der Waals surface area contributed by atoms with Crippen molar-refractivity contribution in [1.29, 1.82) is 0 Å². The molecule has 1 fully saturated rings. The summed E-state index contributed by atoms with van der Waals surface area (Å²) < 4.78 is 10.3. The zero-order valence-corrected chi connectivity index (χ0v) is 14.5. The van der Waals surface area contributed by atoms with Gasteiger partial charge in [0.1, 0.15) is 5.75 Å². The van der Waals surface area contributed by atoms with E-state index in [-0.39, 0.29) is 31.3 Å². The number of ether oxygens (including phenoxy) is 1. The van der Waals surface area contributed by atoms with Crippen LogP contribution in [-0.2, 0) is 16.1 Å². The lowest BCUT2D eigenvalue weighted by Crippen LogP contribution is -2.32. The second-order valence-electron chi connectivity index (χ2n) is 5.66. The number of carbonyl (C=O) groups excluding carboxylic acids is 2. The highest BCUT2D eigenvalue weighted by molar-refractivity contribution is 6.32. The maximum atomic E-state index is 12.3. The van der Waals surface area contributed by atoms with Crippen LogP contribution in [0, 0.1) is 12.8 Å². The highest BCUT2D eigenvalue weighted by atomic mass is 35.5. The van der Waals surface area contributed by atoms with Gasteiger partial charge in [-0.05, 0) is 18.2 Å². The number of nitrogens with zero attached hydrogens (tertiary/aromatic N) is 3. The van der Waals surface area contributed by atoms with E-state index in [1.807, 2.05) is 0 Å². The molecule has 9 heteroatoms. The normalized spacial score (nSPS) is 17.0. The van der Waals surface area contributed by atoms with Crippen LogP contribution in [0.3, 0.4) is 0 Å². The van der Waals surface area contributed by atoms with E-state index in [0.717, 1.165) is 0 Å². The lowest BCUT2D eigenvalue weighted by atomic mass is 10.1. The molecule has 0 spiro atoms. The summed E-state index contributed by atoms with van der Waals surface area (Å²) in [5, 5.41) is 10.6. The molecular weight excluding hydrogens is 348 g/mol. The highest BCUT2D eigenvalue weighted by Crippen LogP contribution is 2.32. The third kappa shape index (κ3) is 3.74. The second-order valence-corrected chi connectivity index (χ2v) is 6.06. The molecular formula is C16H17ClN4O4. The number of hydrogen-bond donors (Lipinski definition) is 1. The molecule has 2 aromatic rings. The van der Waals surface area contributed by atoms with E-state index in [2.05, 4.69) is 15.5 Å². The van der Waals surface area contributed by atoms with Gasteiger partial charge in [0.25, 0.3) is 0 Å². The fourth-order valence-corrected chi connectivity index (χ4v) is 2.92. The van der Waals surface area contributed by atoms with Gasteiger partial charge in [-0.3, -0.25) is 9.59 Å². The van der Waals surface area contributed by atoms with Gasteiger partial charge in [0, 0.05) is 25.6 Å². The Labute approximate surface area is 149 Å². The summed E-state index contributed by atoms with van der Waals surface area (Å²) in [6.45, 7) is 2.10. The number of carbonyl (C=O) groups is 2. The maximum Gasteiger partial charge on any atom is 0.235 e. The molecule has 0 saturated carbocycles. The molecule has 1 N–H and O–H groups in total. The van der Waals surface area contributed by atoms with Gasteiger partial charge in [-0.2, -0.15) is 0 Å². The molecule has 1 aromatic heterocycles. The highest BCUT2D eigenvalue weighted by Gasteiger charge is 2.35. The third-order valence-electron chi connectivity index (χ3n) is 3.92. The Balaban J connectivity index is 1.63. The van der Waals surface area contributed by atoms with Crippen molar-refractivity contribution < 1.29 is 18.7 Å². The van der Waals surface area contributed by atoms with Crippen LogP contribution < -0.4 is 15.0 Å². The molecule has 1 aromatic carbocycles. The lowest BCUT2D eigenvalue weighted by molar-refractivity contribution is -0.126. The molecule has 1 saturated heterocycles. The average Bonchev–Trinajstić information content (AvgIpc) is 3.18. The van der Waals surface area contributed by atoms with E-state index >= 15 is 0 Å². The Morgan fingerprint density at radius 2 is 2.28 bits per heavy atom. The monoisotopic (exact) mass is 364 g/mol. The standard InChI is InChI=1S/C16H17ClN4O4/c1-9-19-20-14(25-9)7-18-16(23)10-5-15(22)21(8-10)11-3-4-13(24-2)12(17)6-11/h3-4,6,10H,5,7-8H2,1-2H3,(H,18,23). The first kappa shape index (κ1) is 17.2. The van der Waals surface area contributed by atoms with Gasteiger partial charge in [0.2, 0.25) is 23.6 Å². The van der Waals surface area contributed by atoms with Crippen molar-refractivity contribution in [3.8, 4) is 5.75 Å². The van der Waals surface area contributed by atoms with Crippen molar-refractivity contribution in [2.45, 2.75) is 19.9 Å². The Hall–Kier alpha value is -2.61. The molecule has 1 aliphatic heterocycles. The number of aryl methyl sites for hydroxylation is 1. The van der Waals surface area contributed by atoms with Gasteiger partial charge in [0.05, 0.1) is 24.6 Å². The van der Waals surface area contributed by atoms with Crippen LogP contribution in [0.25, 0.3) is 0 Å². The zero-order chi connectivity index (χ0) is 18.0. The first-order valence-electron chi connectivity index (χ1n) is 7.68. The third-order valence-corrected chi connectivity index (χ3v) is 4.22. The second kappa shape index (κ2) is 7.10. The topological polar surface area (TPSA) is 97.6 Å². The largest absolute Gasteiger partial charge is 0.495 e. The molecule has 1 aliphatic rings. The quantitative estimate of drug-likeness (QED) is 0.867. The molecule has 1 unspecified atom stereocenters. The maximum absolute atomic E-state index is 12.3. The van der Waals surface area contributed by atoms with Crippen molar-refractivity contribution in [3.05, 3.63) is 35.0 Å². The Morgan fingerprint density at radius 3 is 2.92 bits per heavy atom. The fourth-order valence-electron chi connectivity index (χ4n) is 2.67. The summed E-state index contributed by atoms with van der Waals surface area (Å²) >= 11 is 6.11. The van der Waals surface area contributed by atoms with Crippen molar-refractivity contribution in [1.82, 2.24) is 15.5 Å². The molecule has 0 aliphatic carbocycles. The smallest absolute Gasteiger partial charge is 0.235 e. The predicted molar refractivity (Wildman–Crippen MR) is 89.3 cm³/mol. The number of halogens is 1. The predicted octanol–water partition coefficient (Wildman–Crippen LogP) is 1.71. The van der Waals surface area contributed by atoms with E-state index in [0.29, 0.717) is 28.2 Å². The van der Waals surface area contributed by atoms with E-state index < -0.39 is 5.92 Å². The molecule has 0 radical (unpaired) electrons. The van der Waals surface area contributed by atoms with Crippen LogP contribution in [0.5, 0.6) is 5.75 Å². The summed E-state index contributed by atoms with van der Waals surface area (Å²) in [5.74, 6) is 0.483. The van der Waals surface area contributed by atoms with Gasteiger partial charge in [-0.15, -0.1) is 10.2 Å². The minimum Gasteiger partial charge on any atom is -0.495 e. The first-order chi connectivity index (χ1) is 12.0. The van der Waals surface area contributed by atoms with Crippen LogP contribution in [0.15, 0.2) is 22.6 Å². The summed E-state index contributed by atoms with van der Waals surface area (Å²) in [7, 11) is 1.52. The lowest BCUT2D eigenvalue weighted by Gasteiger charge is -2.17. The summed E-state index contributed by atoms with van der Waals surface area (Å²) in [6, 6.07) is 5.08. The number of benzene rings is 1. The van der Waals surface area contributed by atoms with Gasteiger partial charge < -0.3 is 19.4 Å². The zero-order valence-electron chi connectivity index (χ0n) is 13.8. The van der Waals surface area contributed by atoms with Crippen molar-refractivity contribution >= 4 is 29.1 Å². The van der Waals surface area contributed by atoms with Crippen LogP contribution in [0.1, 0.15) is 18.2 Å². The number of rotatable bonds is 5. The van der Waals surface area contributed by atoms with Crippen LogP contribution in [0.4, 0.5) is 5.69 Å². The summed E-state index contributed by atoms with van der Waals surface area (Å²) in [5.41, 5.74) is 0.638. The van der Waals surface area contributed by atoms with Gasteiger partial charge in [-0.1, -0.05) is 11.6 Å². The number of aromatic nitrogens is 2. The Bertz CT molecular complexity index is 807. The van der Waals surface area contributed by atoms with Crippen molar-refractivity contribution in [3.63, 3.8) is 0 Å². The molecule has 0 bridgehead atoms. The SMILES string of the molecule is COc1ccc(N2CC(C(=O)NCc3nnc(C)o3)CC2=O)cc1Cl. The number of amides is 2. The van der Waals surface area contributed by atoms with E-state index in [9.17, 15) is 9.59 Å². The average molecular weight is 365 g/mol. The minimum atomic E-state index is -0.447. The minimum absolute atomic E-state index is 0.130. The molecule has 25 heavy (non-hydrogen) atoms. The van der Waals surface area contributed by atoms with Gasteiger partial charge in [-0.25, -0.2) is 0 Å². The molecule has 8 nitrogen and oxygen atoms in total.